The molecule has 0 amide bonds. The highest BCUT2D eigenvalue weighted by atomic mass is 19.1. The second-order valence-corrected chi connectivity index (χ2v) is 4.17. The van der Waals surface area contributed by atoms with Crippen LogP contribution in [0.15, 0.2) is 12.1 Å². The van der Waals surface area contributed by atoms with Gasteiger partial charge in [-0.2, -0.15) is 0 Å². The van der Waals surface area contributed by atoms with Crippen molar-refractivity contribution in [3.63, 3.8) is 0 Å². The Morgan fingerprint density at radius 2 is 1.65 bits per heavy atom. The first-order valence-electron chi connectivity index (χ1n) is 6.48. The molecule has 0 saturated heterocycles. The molecule has 4 nitrogen and oxygen atoms in total. The number of halogens is 2. The van der Waals surface area contributed by atoms with Crippen molar-refractivity contribution in [2.24, 2.45) is 0 Å². The summed E-state index contributed by atoms with van der Waals surface area (Å²) < 4.78 is 42.2. The minimum Gasteiger partial charge on any atom is -0.497 e. The van der Waals surface area contributed by atoms with Crippen molar-refractivity contribution < 1.29 is 23.0 Å². The van der Waals surface area contributed by atoms with Crippen LogP contribution < -0.4 is 10.1 Å². The van der Waals surface area contributed by atoms with Gasteiger partial charge in [-0.1, -0.05) is 0 Å². The van der Waals surface area contributed by atoms with Gasteiger partial charge in [-0.25, -0.2) is 8.78 Å². The summed E-state index contributed by atoms with van der Waals surface area (Å²) in [6.07, 6.45) is 0.194. The Morgan fingerprint density at radius 1 is 1.00 bits per heavy atom. The summed E-state index contributed by atoms with van der Waals surface area (Å²) in [5.41, 5.74) is 0.0261. The highest BCUT2D eigenvalue weighted by Crippen LogP contribution is 2.20. The van der Waals surface area contributed by atoms with E-state index in [1.54, 1.807) is 7.11 Å². The van der Waals surface area contributed by atoms with Crippen LogP contribution >= 0.6 is 0 Å². The second-order valence-electron chi connectivity index (χ2n) is 4.17. The fourth-order valence-corrected chi connectivity index (χ4v) is 1.66. The molecule has 1 N–H and O–H groups in total. The maximum atomic E-state index is 13.6. The zero-order valence-electron chi connectivity index (χ0n) is 11.9. The number of rotatable bonds is 10. The Kier molecular flexibility index (Phi) is 8.10. The monoisotopic (exact) mass is 289 g/mol. The van der Waals surface area contributed by atoms with Gasteiger partial charge in [0.15, 0.2) is 0 Å². The van der Waals surface area contributed by atoms with E-state index in [4.69, 9.17) is 14.2 Å². The van der Waals surface area contributed by atoms with Gasteiger partial charge >= 0.3 is 0 Å². The lowest BCUT2D eigenvalue weighted by Gasteiger charge is -2.09. The standard InChI is InChI=1S/C14H21F2NO3/c1-18-7-4-17-5-8-20-6-3-12-13(15)9-11(19-2)10-14(12)16/h9-10,17H,3-8H2,1-2H3. The maximum absolute atomic E-state index is 13.6. The van der Waals surface area contributed by atoms with E-state index in [9.17, 15) is 8.78 Å². The van der Waals surface area contributed by atoms with Gasteiger partial charge in [0.1, 0.15) is 17.4 Å². The number of nitrogens with one attached hydrogen (secondary N) is 1. The summed E-state index contributed by atoms with van der Waals surface area (Å²) in [5.74, 6) is -1.04. The molecule has 0 aromatic heterocycles. The third-order valence-electron chi connectivity index (χ3n) is 2.75. The van der Waals surface area contributed by atoms with Crippen LogP contribution in [0.25, 0.3) is 0 Å². The quantitative estimate of drug-likeness (QED) is 0.666. The fourth-order valence-electron chi connectivity index (χ4n) is 1.66. The smallest absolute Gasteiger partial charge is 0.133 e. The summed E-state index contributed by atoms with van der Waals surface area (Å²) in [6.45, 7) is 2.83. The van der Waals surface area contributed by atoms with Crippen molar-refractivity contribution in [1.82, 2.24) is 5.32 Å². The van der Waals surface area contributed by atoms with Crippen molar-refractivity contribution in [2.45, 2.75) is 6.42 Å². The minimum atomic E-state index is -0.608. The van der Waals surface area contributed by atoms with E-state index in [2.05, 4.69) is 5.32 Å². The van der Waals surface area contributed by atoms with Gasteiger partial charge in [0.2, 0.25) is 0 Å². The van der Waals surface area contributed by atoms with Crippen molar-refractivity contribution in [1.29, 1.82) is 0 Å². The molecule has 0 unspecified atom stereocenters. The zero-order chi connectivity index (χ0) is 14.8. The van der Waals surface area contributed by atoms with Gasteiger partial charge in [0, 0.05) is 44.3 Å². The SMILES string of the molecule is COCCNCCOCCc1c(F)cc(OC)cc1F. The maximum Gasteiger partial charge on any atom is 0.133 e. The molecule has 0 aliphatic heterocycles. The lowest BCUT2D eigenvalue weighted by atomic mass is 10.1. The Balaban J connectivity index is 2.25. The van der Waals surface area contributed by atoms with Crippen LogP contribution in [0, 0.1) is 11.6 Å². The summed E-state index contributed by atoms with van der Waals surface area (Å²) in [6, 6.07) is 2.34. The van der Waals surface area contributed by atoms with Crippen molar-refractivity contribution in [3.05, 3.63) is 29.3 Å². The van der Waals surface area contributed by atoms with Crippen molar-refractivity contribution in [3.8, 4) is 5.75 Å². The van der Waals surface area contributed by atoms with Crippen molar-refractivity contribution >= 4 is 0 Å². The van der Waals surface area contributed by atoms with Crippen molar-refractivity contribution in [2.75, 3.05) is 47.1 Å². The molecule has 1 rings (SSSR count). The van der Waals surface area contributed by atoms with E-state index < -0.39 is 11.6 Å². The van der Waals surface area contributed by atoms with Crippen LogP contribution in [-0.4, -0.2) is 47.1 Å². The number of ether oxygens (including phenoxy) is 3. The zero-order valence-corrected chi connectivity index (χ0v) is 11.9. The van der Waals surface area contributed by atoms with Gasteiger partial charge in [-0.05, 0) is 0 Å². The molecule has 0 fully saturated rings. The predicted molar refractivity (Wildman–Crippen MR) is 72.2 cm³/mol. The van der Waals surface area contributed by atoms with E-state index in [0.717, 1.165) is 6.54 Å². The van der Waals surface area contributed by atoms with Crippen LogP contribution in [0.5, 0.6) is 5.75 Å². The largest absolute Gasteiger partial charge is 0.497 e. The number of methoxy groups -OCH3 is 2. The Morgan fingerprint density at radius 3 is 2.25 bits per heavy atom. The van der Waals surface area contributed by atoms with E-state index in [0.29, 0.717) is 19.8 Å². The van der Waals surface area contributed by atoms with Crippen LogP contribution in [-0.2, 0) is 15.9 Å². The highest BCUT2D eigenvalue weighted by molar-refractivity contribution is 5.30. The molecule has 0 aliphatic rings. The van der Waals surface area contributed by atoms with Crippen LogP contribution in [0.3, 0.4) is 0 Å². The first-order chi connectivity index (χ1) is 9.69. The molecule has 0 atom stereocenters. The molecule has 1 aromatic rings. The molecule has 0 spiro atoms. The molecular formula is C14H21F2NO3. The molecule has 114 valence electrons. The summed E-state index contributed by atoms with van der Waals surface area (Å²) in [4.78, 5) is 0. The van der Waals surface area contributed by atoms with E-state index in [1.807, 2.05) is 0 Å². The number of hydrogen-bond acceptors (Lipinski definition) is 4. The first-order valence-corrected chi connectivity index (χ1v) is 6.48. The minimum absolute atomic E-state index is 0.0261. The van der Waals surface area contributed by atoms with Crippen LogP contribution in [0.2, 0.25) is 0 Å². The second kappa shape index (κ2) is 9.63. The van der Waals surface area contributed by atoms with E-state index >= 15 is 0 Å². The van der Waals surface area contributed by atoms with Crippen LogP contribution in [0.1, 0.15) is 5.56 Å². The lowest BCUT2D eigenvalue weighted by Crippen LogP contribution is -2.24. The lowest BCUT2D eigenvalue weighted by molar-refractivity contribution is 0.134. The summed E-state index contributed by atoms with van der Waals surface area (Å²) in [5, 5.41) is 3.11. The first kappa shape index (κ1) is 16.8. The van der Waals surface area contributed by atoms with Gasteiger partial charge in [0.25, 0.3) is 0 Å². The third kappa shape index (κ3) is 5.81. The van der Waals surface area contributed by atoms with Crippen LogP contribution in [0.4, 0.5) is 8.78 Å². The molecule has 0 saturated carbocycles. The van der Waals surface area contributed by atoms with Gasteiger partial charge in [-0.15, -0.1) is 0 Å². The predicted octanol–water partition coefficient (Wildman–Crippen LogP) is 1.77. The number of benzene rings is 1. The molecule has 20 heavy (non-hydrogen) atoms. The molecule has 0 heterocycles. The average molecular weight is 289 g/mol. The fraction of sp³-hybridized carbons (Fsp3) is 0.571. The highest BCUT2D eigenvalue weighted by Gasteiger charge is 2.11. The molecule has 0 radical (unpaired) electrons. The number of hydrogen-bond donors (Lipinski definition) is 1. The topological polar surface area (TPSA) is 39.7 Å². The molecule has 0 aliphatic carbocycles. The average Bonchev–Trinajstić information content (AvgIpc) is 2.43. The normalized spacial score (nSPS) is 10.8. The van der Waals surface area contributed by atoms with E-state index in [1.165, 1.54) is 19.2 Å². The van der Waals surface area contributed by atoms with Gasteiger partial charge in [-0.3, -0.25) is 0 Å². The molecule has 0 bridgehead atoms. The van der Waals surface area contributed by atoms with Gasteiger partial charge < -0.3 is 19.5 Å². The molecule has 1 aromatic carbocycles. The molecule has 6 heteroatoms. The summed E-state index contributed by atoms with van der Waals surface area (Å²) in [7, 11) is 3.00. The molecular weight excluding hydrogens is 268 g/mol. The van der Waals surface area contributed by atoms with Gasteiger partial charge in [0.05, 0.1) is 26.9 Å². The Bertz CT molecular complexity index is 379. The van der Waals surface area contributed by atoms with E-state index in [-0.39, 0.29) is 24.3 Å². The third-order valence-corrected chi connectivity index (χ3v) is 2.75. The Labute approximate surface area is 118 Å². The summed E-state index contributed by atoms with van der Waals surface area (Å²) >= 11 is 0. The Hall–Kier alpha value is -1.24.